The molecule has 0 aliphatic heterocycles. The van der Waals surface area contributed by atoms with Crippen LogP contribution in [0.5, 0.6) is 5.75 Å². The second-order valence-corrected chi connectivity index (χ2v) is 6.96. The molecule has 128 valence electrons. The summed E-state index contributed by atoms with van der Waals surface area (Å²) >= 11 is 0. The van der Waals surface area contributed by atoms with E-state index < -0.39 is 6.09 Å². The molecule has 0 spiro atoms. The fourth-order valence-corrected chi connectivity index (χ4v) is 1.94. The van der Waals surface area contributed by atoms with Crippen LogP contribution in [0.3, 0.4) is 0 Å². The van der Waals surface area contributed by atoms with Crippen LogP contribution in [-0.2, 0) is 4.79 Å². The van der Waals surface area contributed by atoms with E-state index in [1.54, 1.807) is 24.3 Å². The number of ether oxygens (including phenoxy) is 1. The SMILES string of the molecule is CCC(C)C(C)C(=O)Nc1cccc(OC(=O)NC(C)(C)C)c1. The molecule has 1 rings (SSSR count). The van der Waals surface area contributed by atoms with Gasteiger partial charge in [0.15, 0.2) is 0 Å². The van der Waals surface area contributed by atoms with Gasteiger partial charge in [0.25, 0.3) is 0 Å². The van der Waals surface area contributed by atoms with Crippen LogP contribution in [0, 0.1) is 11.8 Å². The molecule has 5 heteroatoms. The van der Waals surface area contributed by atoms with Crippen LogP contribution < -0.4 is 15.4 Å². The van der Waals surface area contributed by atoms with Crippen molar-refractivity contribution in [2.24, 2.45) is 11.8 Å². The van der Waals surface area contributed by atoms with E-state index in [9.17, 15) is 9.59 Å². The summed E-state index contributed by atoms with van der Waals surface area (Å²) in [7, 11) is 0. The van der Waals surface area contributed by atoms with Crippen molar-refractivity contribution in [3.63, 3.8) is 0 Å². The highest BCUT2D eigenvalue weighted by Gasteiger charge is 2.19. The quantitative estimate of drug-likeness (QED) is 0.854. The lowest BCUT2D eigenvalue weighted by molar-refractivity contribution is -0.120. The molecule has 0 radical (unpaired) electrons. The molecular formula is C18H28N2O3. The van der Waals surface area contributed by atoms with E-state index in [0.29, 0.717) is 17.4 Å². The van der Waals surface area contributed by atoms with Gasteiger partial charge >= 0.3 is 6.09 Å². The third kappa shape index (κ3) is 6.72. The zero-order chi connectivity index (χ0) is 17.6. The second-order valence-electron chi connectivity index (χ2n) is 6.96. The predicted molar refractivity (Wildman–Crippen MR) is 92.6 cm³/mol. The first-order chi connectivity index (χ1) is 10.6. The molecule has 2 unspecified atom stereocenters. The maximum Gasteiger partial charge on any atom is 0.413 e. The van der Waals surface area contributed by atoms with Crippen LogP contribution in [0.4, 0.5) is 10.5 Å². The Morgan fingerprint density at radius 1 is 1.22 bits per heavy atom. The molecule has 0 saturated carbocycles. The van der Waals surface area contributed by atoms with Gasteiger partial charge in [-0.1, -0.05) is 33.3 Å². The maximum atomic E-state index is 12.2. The lowest BCUT2D eigenvalue weighted by Gasteiger charge is -2.20. The van der Waals surface area contributed by atoms with Gasteiger partial charge < -0.3 is 15.4 Å². The first kappa shape index (κ1) is 19.0. The van der Waals surface area contributed by atoms with E-state index in [4.69, 9.17) is 4.74 Å². The smallest absolute Gasteiger partial charge is 0.410 e. The summed E-state index contributed by atoms with van der Waals surface area (Å²) in [6.07, 6.45) is 0.430. The first-order valence-electron chi connectivity index (χ1n) is 8.03. The summed E-state index contributed by atoms with van der Waals surface area (Å²) in [5.41, 5.74) is 0.250. The summed E-state index contributed by atoms with van der Waals surface area (Å²) in [5.74, 6) is 0.595. The van der Waals surface area contributed by atoms with Crippen LogP contribution in [0.2, 0.25) is 0 Å². The number of rotatable bonds is 5. The molecule has 2 atom stereocenters. The highest BCUT2D eigenvalue weighted by Crippen LogP contribution is 2.21. The molecular weight excluding hydrogens is 292 g/mol. The largest absolute Gasteiger partial charge is 0.413 e. The van der Waals surface area contributed by atoms with Crippen LogP contribution >= 0.6 is 0 Å². The Balaban J connectivity index is 2.70. The third-order valence-electron chi connectivity index (χ3n) is 3.70. The van der Waals surface area contributed by atoms with Crippen molar-refractivity contribution < 1.29 is 14.3 Å². The summed E-state index contributed by atoms with van der Waals surface area (Å²) in [6.45, 7) is 11.7. The molecule has 0 saturated heterocycles. The number of anilines is 1. The average Bonchev–Trinajstić information content (AvgIpc) is 2.43. The average molecular weight is 320 g/mol. The fourth-order valence-electron chi connectivity index (χ4n) is 1.94. The minimum atomic E-state index is -0.519. The van der Waals surface area contributed by atoms with Gasteiger partial charge in [-0.3, -0.25) is 4.79 Å². The molecule has 2 N–H and O–H groups in total. The van der Waals surface area contributed by atoms with Crippen LogP contribution in [0.1, 0.15) is 48.0 Å². The molecule has 0 heterocycles. The second kappa shape index (κ2) is 7.99. The number of carbonyl (C=O) groups excluding carboxylic acids is 2. The Hall–Kier alpha value is -2.04. The third-order valence-corrected chi connectivity index (χ3v) is 3.70. The summed E-state index contributed by atoms with van der Waals surface area (Å²) < 4.78 is 5.24. The van der Waals surface area contributed by atoms with Crippen molar-refractivity contribution in [1.29, 1.82) is 0 Å². The number of benzene rings is 1. The molecule has 1 aromatic carbocycles. The van der Waals surface area contributed by atoms with Gasteiger partial charge in [-0.15, -0.1) is 0 Å². The molecule has 0 aliphatic carbocycles. The van der Waals surface area contributed by atoms with Gasteiger partial charge in [0.1, 0.15) is 5.75 Å². The number of nitrogens with one attached hydrogen (secondary N) is 2. The molecule has 0 fully saturated rings. The van der Waals surface area contributed by atoms with Crippen LogP contribution in [0.25, 0.3) is 0 Å². The van der Waals surface area contributed by atoms with E-state index in [0.717, 1.165) is 6.42 Å². The molecule has 23 heavy (non-hydrogen) atoms. The predicted octanol–water partition coefficient (Wildman–Crippen LogP) is 4.19. The van der Waals surface area contributed by atoms with Gasteiger partial charge in [0, 0.05) is 23.2 Å². The Bertz CT molecular complexity index is 549. The van der Waals surface area contributed by atoms with Crippen molar-refractivity contribution in [3.05, 3.63) is 24.3 Å². The topological polar surface area (TPSA) is 67.4 Å². The monoisotopic (exact) mass is 320 g/mol. The van der Waals surface area contributed by atoms with Crippen molar-refractivity contribution in [3.8, 4) is 5.75 Å². The van der Waals surface area contributed by atoms with E-state index >= 15 is 0 Å². The van der Waals surface area contributed by atoms with Crippen molar-refractivity contribution >= 4 is 17.7 Å². The Kier molecular flexibility index (Phi) is 6.61. The minimum Gasteiger partial charge on any atom is -0.410 e. The Labute approximate surface area is 138 Å². The van der Waals surface area contributed by atoms with E-state index in [2.05, 4.69) is 24.5 Å². The lowest BCUT2D eigenvalue weighted by atomic mass is 9.93. The van der Waals surface area contributed by atoms with Crippen molar-refractivity contribution in [2.45, 2.75) is 53.5 Å². The van der Waals surface area contributed by atoms with Gasteiger partial charge in [0.05, 0.1) is 0 Å². The Morgan fingerprint density at radius 2 is 1.87 bits per heavy atom. The highest BCUT2D eigenvalue weighted by atomic mass is 16.6. The summed E-state index contributed by atoms with van der Waals surface area (Å²) in [6, 6.07) is 6.83. The Morgan fingerprint density at radius 3 is 2.43 bits per heavy atom. The highest BCUT2D eigenvalue weighted by molar-refractivity contribution is 5.92. The lowest BCUT2D eigenvalue weighted by Crippen LogP contribution is -2.42. The van der Waals surface area contributed by atoms with Crippen LogP contribution in [0.15, 0.2) is 24.3 Å². The van der Waals surface area contributed by atoms with Crippen molar-refractivity contribution in [2.75, 3.05) is 5.32 Å². The van der Waals surface area contributed by atoms with Crippen molar-refractivity contribution in [1.82, 2.24) is 5.32 Å². The number of amides is 2. The molecule has 1 aromatic rings. The first-order valence-corrected chi connectivity index (χ1v) is 8.03. The normalized spacial score (nSPS) is 13.8. The van der Waals surface area contributed by atoms with Gasteiger partial charge in [-0.25, -0.2) is 4.79 Å². The van der Waals surface area contributed by atoms with E-state index in [-0.39, 0.29) is 17.4 Å². The van der Waals surface area contributed by atoms with E-state index in [1.165, 1.54) is 0 Å². The standard InChI is InChI=1S/C18H28N2O3/c1-7-12(2)13(3)16(21)19-14-9-8-10-15(11-14)23-17(22)20-18(4,5)6/h8-13H,7H2,1-6H3,(H,19,21)(H,20,22). The molecule has 0 bridgehead atoms. The number of carbonyl (C=O) groups is 2. The summed E-state index contributed by atoms with van der Waals surface area (Å²) in [5, 5.41) is 5.59. The molecule has 5 nitrogen and oxygen atoms in total. The van der Waals surface area contributed by atoms with Gasteiger partial charge in [-0.05, 0) is 38.8 Å². The van der Waals surface area contributed by atoms with E-state index in [1.807, 2.05) is 27.7 Å². The zero-order valence-corrected chi connectivity index (χ0v) is 14.9. The number of hydrogen-bond acceptors (Lipinski definition) is 3. The fraction of sp³-hybridized carbons (Fsp3) is 0.556. The molecule has 0 aromatic heterocycles. The molecule has 2 amide bonds. The maximum absolute atomic E-state index is 12.2. The number of hydrogen-bond donors (Lipinski definition) is 2. The minimum absolute atomic E-state index is 0.0318. The summed E-state index contributed by atoms with van der Waals surface area (Å²) in [4.78, 5) is 24.0. The van der Waals surface area contributed by atoms with Gasteiger partial charge in [0.2, 0.25) is 5.91 Å². The molecule has 0 aliphatic rings. The zero-order valence-electron chi connectivity index (χ0n) is 14.9. The van der Waals surface area contributed by atoms with Gasteiger partial charge in [-0.2, -0.15) is 0 Å². The van der Waals surface area contributed by atoms with Crippen LogP contribution in [-0.4, -0.2) is 17.5 Å².